The summed E-state index contributed by atoms with van der Waals surface area (Å²) in [5, 5.41) is 34.6. The van der Waals surface area contributed by atoms with Crippen LogP contribution in [0.2, 0.25) is 0 Å². The average Bonchev–Trinajstić information content (AvgIpc) is 3.48. The number of primary amides is 1. The van der Waals surface area contributed by atoms with Gasteiger partial charge in [0, 0.05) is 43.9 Å². The first-order chi connectivity index (χ1) is 21.3. The van der Waals surface area contributed by atoms with Crippen molar-refractivity contribution in [1.29, 1.82) is 0 Å². The molecule has 11 nitrogen and oxygen atoms in total. The van der Waals surface area contributed by atoms with Gasteiger partial charge in [-0.25, -0.2) is 0 Å². The average molecular weight is 619 g/mol. The lowest BCUT2D eigenvalue weighted by Crippen LogP contribution is -2.75. The Bertz CT molecular complexity index is 1570. The van der Waals surface area contributed by atoms with Gasteiger partial charge in [-0.15, -0.1) is 0 Å². The summed E-state index contributed by atoms with van der Waals surface area (Å²) in [6.45, 7) is 2.99. The first kappa shape index (κ1) is 31.3. The normalized spacial score (nSPS) is 31.5. The number of anilines is 1. The van der Waals surface area contributed by atoms with E-state index in [4.69, 9.17) is 5.73 Å². The van der Waals surface area contributed by atoms with Gasteiger partial charge in [0.2, 0.25) is 5.91 Å². The van der Waals surface area contributed by atoms with E-state index in [0.717, 1.165) is 30.9 Å². The van der Waals surface area contributed by atoms with Crippen LogP contribution < -0.4 is 10.6 Å². The first-order valence-corrected chi connectivity index (χ1v) is 15.6. The number of aliphatic hydroxyl groups excluding tert-OH is 1. The van der Waals surface area contributed by atoms with Crippen molar-refractivity contribution < 1.29 is 34.5 Å². The van der Waals surface area contributed by atoms with Crippen LogP contribution in [0.15, 0.2) is 30.3 Å². The summed E-state index contributed by atoms with van der Waals surface area (Å²) in [6.07, 6.45) is 1.18. The molecule has 0 aromatic heterocycles. The maximum absolute atomic E-state index is 14.3. The molecule has 240 valence electrons. The van der Waals surface area contributed by atoms with Crippen molar-refractivity contribution in [2.24, 2.45) is 29.4 Å². The van der Waals surface area contributed by atoms with Crippen LogP contribution in [0.4, 0.5) is 5.69 Å². The number of ketones is 3. The predicted octanol–water partition coefficient (Wildman–Crippen LogP) is 0.988. The molecule has 2 aromatic carbocycles. The largest absolute Gasteiger partial charge is 0.507 e. The van der Waals surface area contributed by atoms with Crippen LogP contribution in [0.1, 0.15) is 40.7 Å². The first-order valence-electron chi connectivity index (χ1n) is 15.6. The van der Waals surface area contributed by atoms with Crippen LogP contribution in [0.5, 0.6) is 5.75 Å². The van der Waals surface area contributed by atoms with Crippen LogP contribution in [0, 0.1) is 23.7 Å². The molecule has 1 saturated heterocycles. The summed E-state index contributed by atoms with van der Waals surface area (Å²) in [7, 11) is 6.95. The van der Waals surface area contributed by atoms with Crippen LogP contribution in [-0.2, 0) is 27.3 Å². The fourth-order valence-electron chi connectivity index (χ4n) is 8.48. The summed E-state index contributed by atoms with van der Waals surface area (Å²) in [5.41, 5.74) is 6.40. The van der Waals surface area contributed by atoms with Crippen molar-refractivity contribution in [3.05, 3.63) is 47.0 Å². The Morgan fingerprint density at radius 1 is 1.04 bits per heavy atom. The summed E-state index contributed by atoms with van der Waals surface area (Å²) >= 11 is 0. The number of Topliss-reactive ketones (excluding diaryl/α,β-unsaturated/α-hetero) is 3. The number of aromatic hydroxyl groups is 1. The second kappa shape index (κ2) is 11.3. The van der Waals surface area contributed by atoms with E-state index < -0.39 is 64.7 Å². The smallest absolute Gasteiger partial charge is 0.230 e. The van der Waals surface area contributed by atoms with Gasteiger partial charge in [-0.1, -0.05) is 24.3 Å². The number of likely N-dealkylation sites (N-methyl/N-ethyl adjacent to an activating group) is 1. The molecule has 3 fully saturated rings. The second-order valence-electron chi connectivity index (χ2n) is 13.7. The highest BCUT2D eigenvalue weighted by Crippen LogP contribution is 2.53. The summed E-state index contributed by atoms with van der Waals surface area (Å²) < 4.78 is 0. The maximum Gasteiger partial charge on any atom is 0.230 e. The fourth-order valence-corrected chi connectivity index (χ4v) is 8.48. The van der Waals surface area contributed by atoms with Gasteiger partial charge < -0.3 is 30.9 Å². The molecule has 1 amide bonds. The number of carbonyl (C=O) groups excluding carboxylic acids is 4. The van der Waals surface area contributed by atoms with E-state index in [0.29, 0.717) is 16.7 Å². The fraction of sp³-hybridized carbons (Fsp3) is 0.529. The number of amides is 1. The molecule has 0 bridgehead atoms. The van der Waals surface area contributed by atoms with E-state index in [-0.39, 0.29) is 24.2 Å². The number of likely N-dealkylation sites (tertiary alicyclic amines) is 1. The molecule has 6 rings (SSSR count). The van der Waals surface area contributed by atoms with Crippen LogP contribution in [0.25, 0.3) is 11.1 Å². The highest BCUT2D eigenvalue weighted by atomic mass is 16.3. The number of nitrogens with two attached hydrogens (primary N) is 1. The van der Waals surface area contributed by atoms with Crippen LogP contribution in [0.3, 0.4) is 0 Å². The van der Waals surface area contributed by atoms with Gasteiger partial charge in [0.15, 0.2) is 23.0 Å². The lowest BCUT2D eigenvalue weighted by atomic mass is 9.52. The molecule has 3 unspecified atom stereocenters. The predicted molar refractivity (Wildman–Crippen MR) is 167 cm³/mol. The van der Waals surface area contributed by atoms with Gasteiger partial charge in [-0.3, -0.25) is 24.1 Å². The number of hydrogen-bond donors (Lipinski definition) is 4. The molecule has 0 radical (unpaired) electrons. The zero-order chi connectivity index (χ0) is 32.5. The molecule has 1 aliphatic heterocycles. The lowest BCUT2D eigenvalue weighted by Gasteiger charge is -2.55. The molecule has 1 heterocycles. The topological polar surface area (TPSA) is 165 Å². The van der Waals surface area contributed by atoms with Crippen molar-refractivity contribution in [3.8, 4) is 16.9 Å². The van der Waals surface area contributed by atoms with E-state index in [1.807, 2.05) is 49.3 Å². The monoisotopic (exact) mass is 618 g/mol. The molecule has 0 spiro atoms. The third-order valence-electron chi connectivity index (χ3n) is 10.6. The maximum atomic E-state index is 14.3. The molecular weight excluding hydrogens is 576 g/mol. The highest BCUT2D eigenvalue weighted by Gasteiger charge is 2.69. The molecule has 4 aliphatic rings. The van der Waals surface area contributed by atoms with E-state index in [1.165, 1.54) is 12.8 Å². The van der Waals surface area contributed by atoms with Gasteiger partial charge in [0.1, 0.15) is 11.7 Å². The van der Waals surface area contributed by atoms with Crippen molar-refractivity contribution in [2.45, 2.75) is 50.0 Å². The van der Waals surface area contributed by atoms with Crippen LogP contribution in [-0.4, -0.2) is 107 Å². The molecule has 3 aliphatic carbocycles. The molecule has 11 heteroatoms. The zero-order valence-electron chi connectivity index (χ0n) is 26.2. The summed E-state index contributed by atoms with van der Waals surface area (Å²) in [6, 6.07) is 8.77. The van der Waals surface area contributed by atoms with Gasteiger partial charge in [0.05, 0.1) is 17.6 Å². The number of aliphatic hydroxyl groups is 2. The Morgan fingerprint density at radius 2 is 1.69 bits per heavy atom. The van der Waals surface area contributed by atoms with Gasteiger partial charge in [0.25, 0.3) is 0 Å². The van der Waals surface area contributed by atoms with E-state index in [1.54, 1.807) is 19.0 Å². The van der Waals surface area contributed by atoms with Crippen molar-refractivity contribution >= 4 is 28.9 Å². The third kappa shape index (κ3) is 4.79. The molecule has 7 atom stereocenters. The molecule has 45 heavy (non-hydrogen) atoms. The third-order valence-corrected chi connectivity index (χ3v) is 10.6. The molecule has 2 aromatic rings. The van der Waals surface area contributed by atoms with E-state index >= 15 is 0 Å². The lowest BCUT2D eigenvalue weighted by molar-refractivity contribution is -0.190. The Hall–Kier alpha value is -3.64. The van der Waals surface area contributed by atoms with Crippen molar-refractivity contribution in [3.63, 3.8) is 0 Å². The molecule has 5 N–H and O–H groups in total. The zero-order valence-corrected chi connectivity index (χ0v) is 26.2. The number of phenolic OH excluding ortho intramolecular Hbond substituents is 1. The Labute approximate surface area is 262 Å². The van der Waals surface area contributed by atoms with Gasteiger partial charge in [-0.05, 0) is 81.5 Å². The minimum atomic E-state index is -2.69. The minimum Gasteiger partial charge on any atom is -0.507 e. The summed E-state index contributed by atoms with van der Waals surface area (Å²) in [4.78, 5) is 60.3. The van der Waals surface area contributed by atoms with E-state index in [9.17, 15) is 34.5 Å². The van der Waals surface area contributed by atoms with Crippen LogP contribution >= 0.6 is 0 Å². The van der Waals surface area contributed by atoms with Crippen molar-refractivity contribution in [1.82, 2.24) is 9.80 Å². The van der Waals surface area contributed by atoms with E-state index in [2.05, 4.69) is 4.90 Å². The SMILES string of the molecule is CN(C)c1cc(-c2ccc(CN3CCCC3)cc2)c(O)c2c1C[C@@H]1C[C@@H]3[C@@H](N(C)C)C(O)C(C(N)=O)C(=O)[C@]3(O)C(=O)C1C2=O. The summed E-state index contributed by atoms with van der Waals surface area (Å²) in [5.74, 6) is -9.11. The number of phenols is 1. The molecular formula is C34H42N4O7. The van der Waals surface area contributed by atoms with Crippen molar-refractivity contribution in [2.75, 3.05) is 46.2 Å². The van der Waals surface area contributed by atoms with Gasteiger partial charge in [-0.2, -0.15) is 0 Å². The number of benzene rings is 2. The number of fused-ring (bicyclic) bond motifs is 3. The van der Waals surface area contributed by atoms with Gasteiger partial charge >= 0.3 is 0 Å². The Morgan fingerprint density at radius 3 is 2.27 bits per heavy atom. The number of hydrogen-bond acceptors (Lipinski definition) is 10. The second-order valence-corrected chi connectivity index (χ2v) is 13.7. The standard InChI is InChI=1S/C34H42N4O7/c1-36(2)23-15-20(18-9-7-17(8-10-18)16-38-11-5-6-12-38)28(39)25-21(23)13-19-14-22-27(37(3)4)30(41)26(33(35)44)32(43)34(22,45)31(42)24(19)29(25)40/h7-10,15,19,22,24,26-27,30,39,41,45H,5-6,11-14,16H2,1-4H3,(H2,35,44)/t19-,22-,24?,26?,27-,30?,34-/m1/s1. The Balaban J connectivity index is 1.42. The Kier molecular flexibility index (Phi) is 7.88. The highest BCUT2D eigenvalue weighted by molar-refractivity contribution is 6.26. The molecule has 2 saturated carbocycles. The number of carbonyl (C=O) groups is 4. The number of rotatable bonds is 6. The quantitative estimate of drug-likeness (QED) is 0.343. The number of nitrogens with zero attached hydrogens (tertiary/aromatic N) is 3. The minimum absolute atomic E-state index is 0.00731.